The summed E-state index contributed by atoms with van der Waals surface area (Å²) in [7, 11) is -1.66. The number of aliphatic hydroxyl groups is 1. The Hall–Kier alpha value is -3.97. The molecule has 13 heteroatoms. The van der Waals surface area contributed by atoms with Crippen molar-refractivity contribution in [2.45, 2.75) is 62.2 Å². The molecule has 2 aromatic carbocycles. The van der Waals surface area contributed by atoms with E-state index in [4.69, 9.17) is 0 Å². The first-order valence-electron chi connectivity index (χ1n) is 15.2. The zero-order valence-corrected chi connectivity index (χ0v) is 26.8. The fraction of sp³-hybridized carbons (Fsp3) is 0.424. The highest BCUT2D eigenvalue weighted by Gasteiger charge is 2.34. The summed E-state index contributed by atoms with van der Waals surface area (Å²) in [5, 5.41) is 12.7. The summed E-state index contributed by atoms with van der Waals surface area (Å²) >= 11 is 0. The summed E-state index contributed by atoms with van der Waals surface area (Å²) in [4.78, 5) is 34.3. The van der Waals surface area contributed by atoms with E-state index in [2.05, 4.69) is 10.3 Å². The monoisotopic (exact) mass is 660 g/mol. The van der Waals surface area contributed by atoms with Crippen LogP contribution in [0.1, 0.15) is 72.1 Å². The molecule has 1 fully saturated rings. The molecular formula is C33H39F3N4O5S. The van der Waals surface area contributed by atoms with Crippen LogP contribution >= 0.6 is 0 Å². The van der Waals surface area contributed by atoms with Crippen LogP contribution in [0.5, 0.6) is 0 Å². The number of carbonyl (C=O) groups is 2. The van der Waals surface area contributed by atoms with E-state index >= 15 is 0 Å². The van der Waals surface area contributed by atoms with Crippen molar-refractivity contribution in [3.05, 3.63) is 89.1 Å². The molecular weight excluding hydrogens is 621 g/mol. The first-order valence-corrected chi connectivity index (χ1v) is 16.8. The van der Waals surface area contributed by atoms with Gasteiger partial charge in [-0.15, -0.1) is 0 Å². The molecule has 0 aliphatic carbocycles. The normalized spacial score (nSPS) is 17.8. The molecule has 46 heavy (non-hydrogen) atoms. The van der Waals surface area contributed by atoms with Crippen molar-refractivity contribution >= 4 is 27.5 Å². The predicted octanol–water partition coefficient (Wildman–Crippen LogP) is 4.98. The second-order valence-corrected chi connectivity index (χ2v) is 13.7. The molecule has 2 heterocycles. The Labute approximate surface area is 267 Å². The van der Waals surface area contributed by atoms with Crippen LogP contribution in [0.4, 0.5) is 19.0 Å². The van der Waals surface area contributed by atoms with Gasteiger partial charge in [-0.3, -0.25) is 9.59 Å². The Morgan fingerprint density at radius 3 is 2.26 bits per heavy atom. The number of anilines is 1. The van der Waals surface area contributed by atoms with Crippen LogP contribution in [-0.4, -0.2) is 73.8 Å². The van der Waals surface area contributed by atoms with E-state index < -0.39 is 40.1 Å². The Bertz CT molecular complexity index is 1600. The van der Waals surface area contributed by atoms with E-state index in [0.29, 0.717) is 37.3 Å². The van der Waals surface area contributed by atoms with E-state index in [1.807, 2.05) is 11.8 Å². The van der Waals surface area contributed by atoms with Gasteiger partial charge in [0.05, 0.1) is 34.4 Å². The van der Waals surface area contributed by atoms with Gasteiger partial charge in [0.25, 0.3) is 5.91 Å². The molecule has 1 aliphatic heterocycles. The van der Waals surface area contributed by atoms with Crippen molar-refractivity contribution in [3.63, 3.8) is 0 Å². The zero-order valence-electron chi connectivity index (χ0n) is 26.0. The second kappa shape index (κ2) is 14.6. The minimum absolute atomic E-state index is 0.0307. The number of hydrogen-bond acceptors (Lipinski definition) is 7. The lowest BCUT2D eigenvalue weighted by molar-refractivity contribution is -0.137. The van der Waals surface area contributed by atoms with Crippen LogP contribution in [0.15, 0.2) is 71.8 Å². The number of carbonyl (C=O) groups excluding carboxylic acids is 2. The Morgan fingerprint density at radius 1 is 1.04 bits per heavy atom. The maximum Gasteiger partial charge on any atom is 0.416 e. The van der Waals surface area contributed by atoms with E-state index in [1.165, 1.54) is 30.5 Å². The smallest absolute Gasteiger partial charge is 0.394 e. The van der Waals surface area contributed by atoms with Crippen molar-refractivity contribution < 1.29 is 36.3 Å². The van der Waals surface area contributed by atoms with Gasteiger partial charge in [0.1, 0.15) is 5.82 Å². The van der Waals surface area contributed by atoms with E-state index in [0.717, 1.165) is 17.7 Å². The molecule has 2 N–H and O–H groups in total. The molecule has 9 nitrogen and oxygen atoms in total. The van der Waals surface area contributed by atoms with Crippen LogP contribution in [0.2, 0.25) is 0 Å². The number of hydrogen-bond donors (Lipinski definition) is 2. The van der Waals surface area contributed by atoms with Crippen LogP contribution in [0.3, 0.4) is 0 Å². The Balaban J connectivity index is 1.52. The van der Waals surface area contributed by atoms with Gasteiger partial charge < -0.3 is 20.2 Å². The van der Waals surface area contributed by atoms with Crippen LogP contribution in [0.25, 0.3) is 0 Å². The first-order chi connectivity index (χ1) is 21.8. The van der Waals surface area contributed by atoms with E-state index in [1.54, 1.807) is 43.1 Å². The maximum absolute atomic E-state index is 13.1. The highest BCUT2D eigenvalue weighted by Crippen LogP contribution is 2.36. The van der Waals surface area contributed by atoms with E-state index in [-0.39, 0.29) is 40.5 Å². The van der Waals surface area contributed by atoms with Crippen molar-refractivity contribution in [1.82, 2.24) is 15.2 Å². The molecule has 1 saturated heterocycles. The molecule has 1 aliphatic rings. The molecule has 4 rings (SSSR count). The van der Waals surface area contributed by atoms with Gasteiger partial charge in [0.15, 0.2) is 9.84 Å². The maximum atomic E-state index is 13.1. The number of nitrogens with one attached hydrogen (secondary N) is 1. The van der Waals surface area contributed by atoms with Gasteiger partial charge in [0, 0.05) is 44.7 Å². The molecule has 0 radical (unpaired) electrons. The minimum atomic E-state index is -4.43. The third-order valence-electron chi connectivity index (χ3n) is 8.54. The highest BCUT2D eigenvalue weighted by molar-refractivity contribution is 7.91. The summed E-state index contributed by atoms with van der Waals surface area (Å²) in [6, 6.07) is 13.4. The first kappa shape index (κ1) is 34.9. The third-order valence-corrected chi connectivity index (χ3v) is 10.3. The number of halogens is 3. The number of pyridine rings is 1. The van der Waals surface area contributed by atoms with E-state index in [9.17, 15) is 36.3 Å². The molecule has 0 saturated carbocycles. The van der Waals surface area contributed by atoms with Gasteiger partial charge in [-0.1, -0.05) is 31.2 Å². The Kier molecular flexibility index (Phi) is 11.1. The average molecular weight is 661 g/mol. The van der Waals surface area contributed by atoms with Gasteiger partial charge in [-0.25, -0.2) is 13.4 Å². The summed E-state index contributed by atoms with van der Waals surface area (Å²) in [6.07, 6.45) is -1.48. The highest BCUT2D eigenvalue weighted by atomic mass is 32.2. The van der Waals surface area contributed by atoms with Crippen molar-refractivity contribution in [1.29, 1.82) is 0 Å². The van der Waals surface area contributed by atoms with Crippen LogP contribution in [0, 0.1) is 0 Å². The molecule has 0 bridgehead atoms. The lowest BCUT2D eigenvalue weighted by Crippen LogP contribution is -2.46. The van der Waals surface area contributed by atoms with Crippen molar-refractivity contribution in [2.75, 3.05) is 37.4 Å². The topological polar surface area (TPSA) is 120 Å². The van der Waals surface area contributed by atoms with Gasteiger partial charge in [-0.2, -0.15) is 13.2 Å². The molecule has 1 aromatic heterocycles. The van der Waals surface area contributed by atoms with Gasteiger partial charge >= 0.3 is 6.18 Å². The predicted molar refractivity (Wildman–Crippen MR) is 168 cm³/mol. The zero-order chi connectivity index (χ0) is 33.6. The number of aromatic nitrogens is 1. The van der Waals surface area contributed by atoms with Crippen LogP contribution < -0.4 is 10.2 Å². The number of rotatable bonds is 11. The molecule has 1 unspecified atom stereocenters. The molecule has 248 valence electrons. The largest absolute Gasteiger partial charge is 0.416 e. The lowest BCUT2D eigenvalue weighted by Gasteiger charge is -2.41. The summed E-state index contributed by atoms with van der Waals surface area (Å²) in [5.41, 5.74) is 0.805. The lowest BCUT2D eigenvalue weighted by atomic mass is 9.85. The summed E-state index contributed by atoms with van der Waals surface area (Å²) in [5.74, 6) is -0.143. The number of aliphatic hydroxyl groups excluding tert-OH is 1. The SMILES string of the molecule is CCN(C)C(=O)C[C@@H]1CCC(c2ccc(C(F)(F)F)cc2)CN1c1ccc(C(=O)N[C@@H](CO)c2ccc(S(=O)(=O)CC)cc2)cn1. The fourth-order valence-electron chi connectivity index (χ4n) is 5.51. The molecule has 2 amide bonds. The summed E-state index contributed by atoms with van der Waals surface area (Å²) in [6.45, 7) is 3.99. The number of sulfone groups is 1. The quantitative estimate of drug-likeness (QED) is 0.298. The minimum Gasteiger partial charge on any atom is -0.394 e. The number of alkyl halides is 3. The number of benzene rings is 2. The second-order valence-electron chi connectivity index (χ2n) is 11.4. The van der Waals surface area contributed by atoms with Crippen LogP contribution in [-0.2, 0) is 20.8 Å². The van der Waals surface area contributed by atoms with Crippen molar-refractivity contribution in [3.8, 4) is 0 Å². The molecule has 0 spiro atoms. The third kappa shape index (κ3) is 8.24. The fourth-order valence-corrected chi connectivity index (χ4v) is 6.39. The van der Waals surface area contributed by atoms with Gasteiger partial charge in [0.2, 0.25) is 5.91 Å². The number of amides is 2. The van der Waals surface area contributed by atoms with Gasteiger partial charge in [-0.05, 0) is 67.3 Å². The standard InChI is InChI=1S/C33H39F3N4O5S/c1-4-39(3)31(42)18-27-14-8-25(22-6-12-26(13-7-22)33(34,35)36)20-40(27)30-17-11-24(19-37-30)32(43)38-29(21-41)23-9-15-28(16-10-23)46(44,45)5-2/h6-7,9-13,15-17,19,25,27,29,41H,4-5,8,14,18,20-21H2,1-3H3,(H,38,43)/t25?,27-,29-/m0/s1. The molecule has 3 aromatic rings. The van der Waals surface area contributed by atoms with Crippen molar-refractivity contribution in [2.24, 2.45) is 0 Å². The number of nitrogens with zero attached hydrogens (tertiary/aromatic N) is 3. The summed E-state index contributed by atoms with van der Waals surface area (Å²) < 4.78 is 63.6. The molecule has 3 atom stereocenters. The Morgan fingerprint density at radius 2 is 1.72 bits per heavy atom. The average Bonchev–Trinajstić information content (AvgIpc) is 3.06. The number of piperidine rings is 1.